The zero-order valence-electron chi connectivity index (χ0n) is 11.1. The van der Waals surface area contributed by atoms with E-state index in [-0.39, 0.29) is 6.10 Å². The van der Waals surface area contributed by atoms with Crippen LogP contribution in [0.4, 0.5) is 0 Å². The summed E-state index contributed by atoms with van der Waals surface area (Å²) in [4.78, 5) is 4.41. The molecule has 1 fully saturated rings. The number of pyridine rings is 1. The molecule has 5 heteroatoms. The van der Waals surface area contributed by atoms with Gasteiger partial charge in [-0.2, -0.15) is 0 Å². The first kappa shape index (κ1) is 12.6. The lowest BCUT2D eigenvalue weighted by Crippen LogP contribution is -2.30. The molecule has 1 aliphatic rings. The molecule has 102 valence electrons. The number of imidazole rings is 1. The normalized spacial score (nSPS) is 23.3. The van der Waals surface area contributed by atoms with E-state index < -0.39 is 0 Å². The number of β-amino-alcohol motifs (C(OH)–C–C–N with tert-alkyl or cyclic N) is 1. The first-order chi connectivity index (χ1) is 9.24. The van der Waals surface area contributed by atoms with Crippen molar-refractivity contribution >= 4 is 5.65 Å². The molecule has 0 bridgehead atoms. The van der Waals surface area contributed by atoms with Crippen molar-refractivity contribution in [3.63, 3.8) is 0 Å². The van der Waals surface area contributed by atoms with Crippen LogP contribution in [0.5, 0.6) is 0 Å². The van der Waals surface area contributed by atoms with E-state index in [9.17, 15) is 5.11 Å². The predicted octanol–water partition coefficient (Wildman–Crippen LogP) is 0.313. The zero-order valence-corrected chi connectivity index (χ0v) is 11.1. The summed E-state index contributed by atoms with van der Waals surface area (Å²) in [5.41, 5.74) is 3.35. The molecule has 3 N–H and O–H groups in total. The van der Waals surface area contributed by atoms with Crippen LogP contribution in [0.25, 0.3) is 5.65 Å². The number of aliphatic hydroxyl groups excluding tert-OH is 1. The second-order valence-corrected chi connectivity index (χ2v) is 5.30. The fourth-order valence-electron chi connectivity index (χ4n) is 2.58. The van der Waals surface area contributed by atoms with Crippen molar-refractivity contribution in [1.29, 1.82) is 0 Å². The van der Waals surface area contributed by atoms with Gasteiger partial charge in [-0.3, -0.25) is 0 Å². The third kappa shape index (κ3) is 2.63. The van der Waals surface area contributed by atoms with Crippen molar-refractivity contribution in [2.75, 3.05) is 19.6 Å². The average molecular weight is 260 g/mol. The standard InChI is InChI=1S/C14H20N4O/c1-10-2-3-18-12(8-17-14(18)4-10)7-15-5-11-6-16-9-13(11)19/h2-4,8,11,13,15-16,19H,5-7,9H2,1H3. The number of nitrogens with zero attached hydrogens (tertiary/aromatic N) is 2. The second-order valence-electron chi connectivity index (χ2n) is 5.30. The molecule has 0 amide bonds. The molecule has 0 saturated carbocycles. The van der Waals surface area contributed by atoms with Crippen LogP contribution in [-0.2, 0) is 6.54 Å². The van der Waals surface area contributed by atoms with Gasteiger partial charge in [0, 0.05) is 38.3 Å². The molecule has 0 aliphatic carbocycles. The number of rotatable bonds is 4. The minimum atomic E-state index is -0.225. The molecule has 1 aliphatic heterocycles. The molecule has 3 rings (SSSR count). The smallest absolute Gasteiger partial charge is 0.137 e. The van der Waals surface area contributed by atoms with Gasteiger partial charge in [-0.25, -0.2) is 4.98 Å². The maximum absolute atomic E-state index is 9.73. The van der Waals surface area contributed by atoms with E-state index in [2.05, 4.69) is 45.3 Å². The Labute approximate surface area is 112 Å². The summed E-state index contributed by atoms with van der Waals surface area (Å²) in [7, 11) is 0. The fourth-order valence-corrected chi connectivity index (χ4v) is 2.58. The Morgan fingerprint density at radius 2 is 2.42 bits per heavy atom. The van der Waals surface area contributed by atoms with Crippen molar-refractivity contribution < 1.29 is 5.11 Å². The highest BCUT2D eigenvalue weighted by atomic mass is 16.3. The minimum Gasteiger partial charge on any atom is -0.391 e. The molecule has 19 heavy (non-hydrogen) atoms. The number of aliphatic hydroxyl groups is 1. The van der Waals surface area contributed by atoms with Crippen LogP contribution < -0.4 is 10.6 Å². The molecule has 2 aromatic rings. The summed E-state index contributed by atoms with van der Waals surface area (Å²) >= 11 is 0. The molecule has 2 unspecified atom stereocenters. The van der Waals surface area contributed by atoms with Gasteiger partial charge in [0.15, 0.2) is 0 Å². The average Bonchev–Trinajstić information content (AvgIpc) is 2.97. The number of nitrogens with one attached hydrogen (secondary N) is 2. The largest absolute Gasteiger partial charge is 0.391 e. The molecular formula is C14H20N4O. The summed E-state index contributed by atoms with van der Waals surface area (Å²) in [6.45, 7) is 5.27. The van der Waals surface area contributed by atoms with Crippen LogP contribution in [0.3, 0.4) is 0 Å². The maximum atomic E-state index is 9.73. The van der Waals surface area contributed by atoms with Gasteiger partial charge >= 0.3 is 0 Å². The van der Waals surface area contributed by atoms with Gasteiger partial charge in [0.2, 0.25) is 0 Å². The van der Waals surface area contributed by atoms with Crippen molar-refractivity contribution in [3.05, 3.63) is 35.8 Å². The van der Waals surface area contributed by atoms with Crippen molar-refractivity contribution in [1.82, 2.24) is 20.0 Å². The van der Waals surface area contributed by atoms with Gasteiger partial charge in [0.25, 0.3) is 0 Å². The second kappa shape index (κ2) is 5.28. The summed E-state index contributed by atoms with van der Waals surface area (Å²) in [5.74, 6) is 0.307. The van der Waals surface area contributed by atoms with E-state index in [1.54, 1.807) is 0 Å². The molecular weight excluding hydrogens is 240 g/mol. The van der Waals surface area contributed by atoms with Crippen LogP contribution >= 0.6 is 0 Å². The first-order valence-corrected chi connectivity index (χ1v) is 6.76. The summed E-state index contributed by atoms with van der Waals surface area (Å²) < 4.78 is 2.10. The Balaban J connectivity index is 1.62. The number of hydrogen-bond donors (Lipinski definition) is 3. The Morgan fingerprint density at radius 3 is 3.21 bits per heavy atom. The van der Waals surface area contributed by atoms with Crippen LogP contribution in [-0.4, -0.2) is 40.2 Å². The van der Waals surface area contributed by atoms with Crippen molar-refractivity contribution in [2.24, 2.45) is 5.92 Å². The van der Waals surface area contributed by atoms with Gasteiger partial charge in [0.05, 0.1) is 18.0 Å². The van der Waals surface area contributed by atoms with E-state index in [0.717, 1.165) is 31.0 Å². The van der Waals surface area contributed by atoms with E-state index in [1.807, 2.05) is 6.20 Å². The van der Waals surface area contributed by atoms with E-state index in [4.69, 9.17) is 0 Å². The van der Waals surface area contributed by atoms with E-state index in [1.165, 1.54) is 5.56 Å². The van der Waals surface area contributed by atoms with E-state index in [0.29, 0.717) is 12.5 Å². The van der Waals surface area contributed by atoms with E-state index >= 15 is 0 Å². The topological polar surface area (TPSA) is 61.6 Å². The zero-order chi connectivity index (χ0) is 13.2. The van der Waals surface area contributed by atoms with Crippen molar-refractivity contribution in [3.8, 4) is 0 Å². The summed E-state index contributed by atoms with van der Waals surface area (Å²) in [6.07, 6.45) is 3.74. The van der Waals surface area contributed by atoms with Crippen LogP contribution in [0.15, 0.2) is 24.5 Å². The van der Waals surface area contributed by atoms with Gasteiger partial charge in [-0.1, -0.05) is 0 Å². The van der Waals surface area contributed by atoms with Gasteiger partial charge in [-0.05, 0) is 24.6 Å². The molecule has 2 aromatic heterocycles. The first-order valence-electron chi connectivity index (χ1n) is 6.76. The summed E-state index contributed by atoms with van der Waals surface area (Å²) in [6, 6.07) is 4.16. The lowest BCUT2D eigenvalue weighted by atomic mass is 10.1. The van der Waals surface area contributed by atoms with Gasteiger partial charge < -0.3 is 20.1 Å². The molecule has 0 spiro atoms. The molecule has 5 nitrogen and oxygen atoms in total. The molecule has 2 atom stereocenters. The third-order valence-corrected chi connectivity index (χ3v) is 3.76. The molecule has 1 saturated heterocycles. The Kier molecular flexibility index (Phi) is 3.50. The Morgan fingerprint density at radius 1 is 1.53 bits per heavy atom. The fraction of sp³-hybridized carbons (Fsp3) is 0.500. The lowest BCUT2D eigenvalue weighted by Gasteiger charge is -2.13. The molecule has 0 radical (unpaired) electrons. The lowest BCUT2D eigenvalue weighted by molar-refractivity contribution is 0.146. The SMILES string of the molecule is Cc1ccn2c(CNCC3CNCC3O)cnc2c1. The van der Waals surface area contributed by atoms with Crippen LogP contribution in [0.1, 0.15) is 11.3 Å². The highest BCUT2D eigenvalue weighted by Gasteiger charge is 2.24. The van der Waals surface area contributed by atoms with Gasteiger partial charge in [-0.15, -0.1) is 0 Å². The Hall–Kier alpha value is -1.43. The maximum Gasteiger partial charge on any atom is 0.137 e. The third-order valence-electron chi connectivity index (χ3n) is 3.76. The highest BCUT2D eigenvalue weighted by molar-refractivity contribution is 5.42. The quantitative estimate of drug-likeness (QED) is 0.740. The number of hydrogen-bond acceptors (Lipinski definition) is 4. The summed E-state index contributed by atoms with van der Waals surface area (Å²) in [5, 5.41) is 16.3. The van der Waals surface area contributed by atoms with Crippen molar-refractivity contribution in [2.45, 2.75) is 19.6 Å². The molecule has 0 aromatic carbocycles. The molecule has 3 heterocycles. The highest BCUT2D eigenvalue weighted by Crippen LogP contribution is 2.10. The Bertz CT molecular complexity index is 566. The van der Waals surface area contributed by atoms with Crippen LogP contribution in [0, 0.1) is 12.8 Å². The van der Waals surface area contributed by atoms with Crippen LogP contribution in [0.2, 0.25) is 0 Å². The number of aryl methyl sites for hydroxylation is 1. The number of fused-ring (bicyclic) bond motifs is 1. The minimum absolute atomic E-state index is 0.225. The monoisotopic (exact) mass is 260 g/mol. The van der Waals surface area contributed by atoms with Gasteiger partial charge in [0.1, 0.15) is 5.65 Å². The predicted molar refractivity (Wildman–Crippen MR) is 74.0 cm³/mol. The number of aromatic nitrogens is 2.